The minimum atomic E-state index is -0.834. The number of carboxylic acids is 1. The van der Waals surface area contributed by atoms with Gasteiger partial charge in [0.05, 0.1) is 12.1 Å². The number of carboxylic acid groups (broad SMARTS) is 1. The molecule has 0 spiro atoms. The smallest absolute Gasteiger partial charge is 0.309 e. The first-order valence-electron chi connectivity index (χ1n) is 5.05. The van der Waals surface area contributed by atoms with Gasteiger partial charge in [0.25, 0.3) is 0 Å². The highest BCUT2D eigenvalue weighted by Gasteiger charge is 2.30. The Balaban J connectivity index is 2.05. The summed E-state index contributed by atoms with van der Waals surface area (Å²) in [6.07, 6.45) is 0.141. The Morgan fingerprint density at radius 1 is 1.25 bits per heavy atom. The highest BCUT2D eigenvalue weighted by molar-refractivity contribution is 5.71. The van der Waals surface area contributed by atoms with Crippen molar-refractivity contribution < 1.29 is 9.90 Å². The van der Waals surface area contributed by atoms with Crippen LogP contribution in [0.15, 0.2) is 30.3 Å². The van der Waals surface area contributed by atoms with Crippen molar-refractivity contribution in [2.24, 2.45) is 5.92 Å². The molecule has 1 atom stereocenters. The van der Waals surface area contributed by atoms with E-state index < -0.39 is 11.9 Å². The average molecular weight is 222 g/mol. The maximum absolute atomic E-state index is 11.2. The zero-order valence-corrected chi connectivity index (χ0v) is 8.60. The molecule has 0 amide bonds. The van der Waals surface area contributed by atoms with Gasteiger partial charge in [0.1, 0.15) is 0 Å². The second kappa shape index (κ2) is 5.04. The molecule has 0 saturated carbocycles. The Labute approximate surface area is 93.0 Å². The highest BCUT2D eigenvalue weighted by atomic mass is 16.4. The Morgan fingerprint density at radius 3 is 2.44 bits per heavy atom. The number of rotatable bonds is 4. The maximum Gasteiger partial charge on any atom is 0.309 e. The van der Waals surface area contributed by atoms with Crippen molar-refractivity contribution in [2.75, 3.05) is 0 Å². The highest BCUT2D eigenvalue weighted by Crippen LogP contribution is 2.12. The summed E-state index contributed by atoms with van der Waals surface area (Å²) in [6, 6.07) is 9.56. The summed E-state index contributed by atoms with van der Waals surface area (Å²) in [6.45, 7) is 0. The van der Waals surface area contributed by atoms with Gasteiger partial charge in [0.15, 0.2) is 0 Å². The molecule has 86 valence electrons. The van der Waals surface area contributed by atoms with E-state index in [1.807, 2.05) is 30.3 Å². The van der Waals surface area contributed by atoms with E-state index in [-0.39, 0.29) is 6.17 Å². The predicted octanol–water partition coefficient (Wildman–Crippen LogP) is -0.627. The molecule has 1 heterocycles. The zero-order valence-electron chi connectivity index (χ0n) is 8.60. The van der Waals surface area contributed by atoms with Crippen LogP contribution in [0.2, 0.25) is 0 Å². The molecule has 16 heavy (non-hydrogen) atoms. The maximum atomic E-state index is 11.2. The van der Waals surface area contributed by atoms with Crippen molar-refractivity contribution in [1.29, 1.82) is 0 Å². The monoisotopic (exact) mass is 222 g/mol. The molecule has 2 rings (SSSR count). The van der Waals surface area contributed by atoms with Crippen LogP contribution in [0, 0.1) is 5.92 Å². The summed E-state index contributed by atoms with van der Waals surface area (Å²) in [4.78, 5) is 11.2. The van der Waals surface area contributed by atoms with E-state index in [4.69, 9.17) is 5.11 Å². The first-order chi connectivity index (χ1) is 7.77. The van der Waals surface area contributed by atoms with E-state index in [1.165, 1.54) is 0 Å². The van der Waals surface area contributed by atoms with Crippen LogP contribution in [-0.2, 0) is 11.2 Å². The van der Waals surface area contributed by atoms with Crippen molar-refractivity contribution >= 4 is 5.97 Å². The number of hydrogen-bond acceptors (Lipinski definition) is 5. The van der Waals surface area contributed by atoms with E-state index in [9.17, 15) is 4.79 Å². The molecule has 1 aromatic carbocycles. The summed E-state index contributed by atoms with van der Waals surface area (Å²) in [7, 11) is 0. The third-order valence-corrected chi connectivity index (χ3v) is 2.54. The van der Waals surface area contributed by atoms with Crippen molar-refractivity contribution in [2.45, 2.75) is 12.6 Å². The molecule has 1 aromatic rings. The van der Waals surface area contributed by atoms with Crippen LogP contribution in [0.3, 0.4) is 0 Å². The molecule has 0 aromatic heterocycles. The summed E-state index contributed by atoms with van der Waals surface area (Å²) >= 11 is 0. The molecule has 1 unspecified atom stereocenters. The Kier molecular flexibility index (Phi) is 3.47. The van der Waals surface area contributed by atoms with Gasteiger partial charge in [-0.15, -0.1) is 0 Å². The number of aliphatic carboxylic acids is 1. The molecule has 1 aliphatic heterocycles. The minimum absolute atomic E-state index is 0.335. The lowest BCUT2D eigenvalue weighted by Gasteiger charge is -2.18. The summed E-state index contributed by atoms with van der Waals surface area (Å²) in [5.41, 5.74) is 11.9. The summed E-state index contributed by atoms with van der Waals surface area (Å²) in [5, 5.41) is 9.16. The second-order valence-electron chi connectivity index (χ2n) is 3.65. The standard InChI is InChI=1S/C10H14N4O2/c15-10(16)8(9-11-13-14-12-9)6-7-4-2-1-3-5-7/h1-5,8-9,11-14H,6H2,(H,15,16). The van der Waals surface area contributed by atoms with Crippen LogP contribution < -0.4 is 21.9 Å². The Morgan fingerprint density at radius 2 is 1.88 bits per heavy atom. The fraction of sp³-hybridized carbons (Fsp3) is 0.300. The van der Waals surface area contributed by atoms with Crippen LogP contribution in [0.1, 0.15) is 5.56 Å². The van der Waals surface area contributed by atoms with Gasteiger partial charge in [-0.1, -0.05) is 30.3 Å². The Hall–Kier alpha value is -1.47. The molecule has 5 N–H and O–H groups in total. The van der Waals surface area contributed by atoms with Crippen molar-refractivity contribution in [3.05, 3.63) is 35.9 Å². The number of benzene rings is 1. The number of carbonyl (C=O) groups is 1. The fourth-order valence-electron chi connectivity index (χ4n) is 1.68. The van der Waals surface area contributed by atoms with Gasteiger partial charge in [-0.05, 0) is 12.0 Å². The van der Waals surface area contributed by atoms with Crippen molar-refractivity contribution in [3.63, 3.8) is 0 Å². The molecular formula is C10H14N4O2. The first-order valence-corrected chi connectivity index (χ1v) is 5.05. The van der Waals surface area contributed by atoms with E-state index in [1.54, 1.807) is 0 Å². The van der Waals surface area contributed by atoms with Gasteiger partial charge in [-0.25, -0.2) is 10.9 Å². The lowest BCUT2D eigenvalue weighted by atomic mass is 9.97. The number of hydrazine groups is 3. The fourth-order valence-corrected chi connectivity index (χ4v) is 1.68. The molecule has 6 nitrogen and oxygen atoms in total. The van der Waals surface area contributed by atoms with Crippen molar-refractivity contribution in [3.8, 4) is 0 Å². The van der Waals surface area contributed by atoms with Crippen LogP contribution in [0.25, 0.3) is 0 Å². The summed E-state index contributed by atoms with van der Waals surface area (Å²) in [5.74, 6) is -1.37. The third kappa shape index (κ3) is 2.56. The van der Waals surface area contributed by atoms with Crippen LogP contribution in [0.4, 0.5) is 0 Å². The predicted molar refractivity (Wildman–Crippen MR) is 57.6 cm³/mol. The van der Waals surface area contributed by atoms with Gasteiger partial charge >= 0.3 is 5.97 Å². The SMILES string of the molecule is O=C(O)C(Cc1ccccc1)C1NNNN1. The van der Waals surface area contributed by atoms with Crippen LogP contribution in [-0.4, -0.2) is 17.2 Å². The topological polar surface area (TPSA) is 85.4 Å². The van der Waals surface area contributed by atoms with E-state index in [0.29, 0.717) is 6.42 Å². The Bertz CT molecular complexity index is 351. The minimum Gasteiger partial charge on any atom is -0.481 e. The van der Waals surface area contributed by atoms with E-state index in [2.05, 4.69) is 21.9 Å². The second-order valence-corrected chi connectivity index (χ2v) is 3.65. The first kappa shape index (κ1) is 11.0. The van der Waals surface area contributed by atoms with Gasteiger partial charge in [0, 0.05) is 0 Å². The molecule has 1 saturated heterocycles. The lowest BCUT2D eigenvalue weighted by molar-refractivity contribution is -0.142. The molecule has 0 bridgehead atoms. The quantitative estimate of drug-likeness (QED) is 0.466. The van der Waals surface area contributed by atoms with Gasteiger partial charge in [-0.2, -0.15) is 11.1 Å². The van der Waals surface area contributed by atoms with Crippen LogP contribution >= 0.6 is 0 Å². The van der Waals surface area contributed by atoms with E-state index in [0.717, 1.165) is 5.56 Å². The number of hydrogen-bond donors (Lipinski definition) is 5. The molecular weight excluding hydrogens is 208 g/mol. The van der Waals surface area contributed by atoms with Crippen LogP contribution in [0.5, 0.6) is 0 Å². The van der Waals surface area contributed by atoms with Crippen molar-refractivity contribution in [1.82, 2.24) is 21.9 Å². The van der Waals surface area contributed by atoms with Gasteiger partial charge < -0.3 is 5.11 Å². The molecule has 1 fully saturated rings. The molecule has 0 aliphatic carbocycles. The molecule has 0 radical (unpaired) electrons. The average Bonchev–Trinajstić information content (AvgIpc) is 2.80. The van der Waals surface area contributed by atoms with Gasteiger partial charge in [-0.3, -0.25) is 4.79 Å². The van der Waals surface area contributed by atoms with E-state index >= 15 is 0 Å². The zero-order chi connectivity index (χ0) is 11.4. The third-order valence-electron chi connectivity index (χ3n) is 2.54. The largest absolute Gasteiger partial charge is 0.481 e. The molecule has 1 aliphatic rings. The number of nitrogens with one attached hydrogen (secondary N) is 4. The normalized spacial score (nSPS) is 18.5. The molecule has 6 heteroatoms. The summed E-state index contributed by atoms with van der Waals surface area (Å²) < 4.78 is 0. The lowest BCUT2D eigenvalue weighted by Crippen LogP contribution is -2.45. The van der Waals surface area contributed by atoms with Gasteiger partial charge in [0.2, 0.25) is 0 Å².